The number of carbonyl (C=O) groups is 3. The predicted octanol–water partition coefficient (Wildman–Crippen LogP) is 0.0402. The van der Waals surface area contributed by atoms with Gasteiger partial charge in [-0.3, -0.25) is 14.4 Å². The van der Waals surface area contributed by atoms with Gasteiger partial charge in [0, 0.05) is 19.9 Å². The second kappa shape index (κ2) is 6.04. The molecule has 0 saturated carbocycles. The zero-order chi connectivity index (χ0) is 13.7. The lowest BCUT2D eigenvalue weighted by Crippen LogP contribution is -2.46. The van der Waals surface area contributed by atoms with Gasteiger partial charge in [-0.05, 0) is 0 Å². The van der Waals surface area contributed by atoms with Crippen molar-refractivity contribution in [2.45, 2.75) is 38.6 Å². The van der Waals surface area contributed by atoms with E-state index in [0.717, 1.165) is 6.26 Å². The van der Waals surface area contributed by atoms with E-state index in [0.29, 0.717) is 0 Å². The average molecular weight is 257 g/mol. The van der Waals surface area contributed by atoms with Crippen LogP contribution in [-0.4, -0.2) is 41.3 Å². The molecule has 0 aromatic carbocycles. The fourth-order valence-corrected chi connectivity index (χ4v) is 1.51. The van der Waals surface area contributed by atoms with Gasteiger partial charge in [0.05, 0.1) is 12.7 Å². The second-order valence-electron chi connectivity index (χ2n) is 3.66. The average Bonchev–Trinajstić information content (AvgIpc) is 2.20. The summed E-state index contributed by atoms with van der Waals surface area (Å²) in [5.74, 6) is -2.33. The molecule has 1 aliphatic heterocycles. The van der Waals surface area contributed by atoms with Crippen molar-refractivity contribution in [3.05, 3.63) is 12.3 Å². The third-order valence-electron chi connectivity index (χ3n) is 2.11. The Morgan fingerprint density at radius 3 is 2.39 bits per heavy atom. The van der Waals surface area contributed by atoms with E-state index < -0.39 is 36.2 Å². The van der Waals surface area contributed by atoms with Crippen LogP contribution in [0.3, 0.4) is 0 Å². The van der Waals surface area contributed by atoms with Gasteiger partial charge in [0.15, 0.2) is 12.2 Å². The van der Waals surface area contributed by atoms with Gasteiger partial charge < -0.3 is 19.3 Å². The van der Waals surface area contributed by atoms with E-state index in [9.17, 15) is 14.4 Å². The summed E-state index contributed by atoms with van der Waals surface area (Å²) < 4.78 is 14.8. The van der Waals surface area contributed by atoms with Gasteiger partial charge >= 0.3 is 17.9 Å². The third-order valence-corrected chi connectivity index (χ3v) is 2.11. The number of esters is 2. The normalized spacial score (nSPS) is 26.0. The second-order valence-corrected chi connectivity index (χ2v) is 3.66. The summed E-state index contributed by atoms with van der Waals surface area (Å²) in [4.78, 5) is 32.5. The van der Waals surface area contributed by atoms with Crippen LogP contribution in [0.1, 0.15) is 20.3 Å². The molecule has 3 atom stereocenters. The summed E-state index contributed by atoms with van der Waals surface area (Å²) in [6.07, 6.45) is 0.372. The summed E-state index contributed by atoms with van der Waals surface area (Å²) >= 11 is 0. The van der Waals surface area contributed by atoms with Crippen molar-refractivity contribution >= 4 is 17.9 Å². The van der Waals surface area contributed by atoms with Crippen LogP contribution < -0.4 is 0 Å². The molecule has 0 saturated heterocycles. The Balaban J connectivity index is 2.84. The largest absolute Gasteiger partial charge is 0.493 e. The minimum Gasteiger partial charge on any atom is -0.493 e. The van der Waals surface area contributed by atoms with Crippen LogP contribution in [0, 0.1) is 6.08 Å². The summed E-state index contributed by atoms with van der Waals surface area (Å²) in [7, 11) is 0. The Morgan fingerprint density at radius 1 is 1.28 bits per heavy atom. The van der Waals surface area contributed by atoms with E-state index >= 15 is 0 Å². The van der Waals surface area contributed by atoms with Crippen LogP contribution in [0.2, 0.25) is 0 Å². The van der Waals surface area contributed by atoms with Crippen LogP contribution in [0.25, 0.3) is 0 Å². The highest BCUT2D eigenvalue weighted by Gasteiger charge is 2.38. The van der Waals surface area contributed by atoms with Crippen molar-refractivity contribution in [1.29, 1.82) is 0 Å². The zero-order valence-corrected chi connectivity index (χ0v) is 9.91. The number of carboxylic acids is 1. The SMILES string of the molecule is CC(=O)OC1[C]=COC(CC(=O)O)C1OC(C)=O. The maximum atomic E-state index is 11.0. The van der Waals surface area contributed by atoms with Crippen LogP contribution in [-0.2, 0) is 28.6 Å². The van der Waals surface area contributed by atoms with E-state index in [2.05, 4.69) is 6.08 Å². The van der Waals surface area contributed by atoms with Gasteiger partial charge in [-0.15, -0.1) is 0 Å². The third kappa shape index (κ3) is 4.08. The first kappa shape index (κ1) is 14.0. The van der Waals surface area contributed by atoms with Crippen molar-refractivity contribution < 1.29 is 33.7 Å². The van der Waals surface area contributed by atoms with Gasteiger partial charge in [0.1, 0.15) is 6.10 Å². The highest BCUT2D eigenvalue weighted by molar-refractivity contribution is 5.69. The number of carbonyl (C=O) groups excluding carboxylic acids is 2. The molecular formula is C11H13O7. The zero-order valence-electron chi connectivity index (χ0n) is 9.91. The lowest BCUT2D eigenvalue weighted by atomic mass is 10.0. The van der Waals surface area contributed by atoms with Crippen molar-refractivity contribution in [1.82, 2.24) is 0 Å². The van der Waals surface area contributed by atoms with Crippen molar-refractivity contribution in [3.63, 3.8) is 0 Å². The molecule has 0 amide bonds. The quantitative estimate of drug-likeness (QED) is 0.710. The minimum atomic E-state index is -1.12. The smallest absolute Gasteiger partial charge is 0.307 e. The number of carboxylic acid groups (broad SMARTS) is 1. The fraction of sp³-hybridized carbons (Fsp3) is 0.545. The number of aliphatic carboxylic acids is 1. The first-order chi connectivity index (χ1) is 8.40. The molecule has 0 aliphatic carbocycles. The molecule has 18 heavy (non-hydrogen) atoms. The van der Waals surface area contributed by atoms with Crippen LogP contribution in [0.4, 0.5) is 0 Å². The van der Waals surface area contributed by atoms with Crippen molar-refractivity contribution in [2.24, 2.45) is 0 Å². The first-order valence-corrected chi connectivity index (χ1v) is 5.19. The summed E-state index contributed by atoms with van der Waals surface area (Å²) in [5, 5.41) is 8.72. The molecule has 1 N–H and O–H groups in total. The lowest BCUT2D eigenvalue weighted by molar-refractivity contribution is -0.176. The molecule has 7 nitrogen and oxygen atoms in total. The predicted molar refractivity (Wildman–Crippen MR) is 56.0 cm³/mol. The van der Waals surface area contributed by atoms with E-state index in [4.69, 9.17) is 19.3 Å². The molecule has 1 radical (unpaired) electrons. The Kier molecular flexibility index (Phi) is 4.70. The van der Waals surface area contributed by atoms with Gasteiger partial charge in [-0.2, -0.15) is 0 Å². The molecule has 0 spiro atoms. The molecule has 0 aromatic heterocycles. The molecule has 1 rings (SSSR count). The monoisotopic (exact) mass is 257 g/mol. The first-order valence-electron chi connectivity index (χ1n) is 5.19. The Hall–Kier alpha value is -2.05. The Labute approximate surface area is 103 Å². The van der Waals surface area contributed by atoms with Gasteiger partial charge in [-0.25, -0.2) is 0 Å². The molecule has 0 bridgehead atoms. The van der Waals surface area contributed by atoms with E-state index in [1.807, 2.05) is 0 Å². The van der Waals surface area contributed by atoms with Crippen molar-refractivity contribution in [3.8, 4) is 0 Å². The molecule has 1 heterocycles. The summed E-state index contributed by atoms with van der Waals surface area (Å²) in [5.41, 5.74) is 0. The van der Waals surface area contributed by atoms with Crippen LogP contribution in [0.5, 0.6) is 0 Å². The van der Waals surface area contributed by atoms with E-state index in [-0.39, 0.29) is 6.42 Å². The molecule has 0 aromatic rings. The number of ether oxygens (including phenoxy) is 3. The standard InChI is InChI=1S/C11H13O7/c1-6(12)17-8-3-4-16-9(5-10(14)15)11(8)18-7(2)13/h4,8-9,11H,5H2,1-2H3,(H,14,15). The van der Waals surface area contributed by atoms with Gasteiger partial charge in [0.2, 0.25) is 0 Å². The summed E-state index contributed by atoms with van der Waals surface area (Å²) in [6, 6.07) is 0. The molecule has 7 heteroatoms. The minimum absolute atomic E-state index is 0.381. The molecular weight excluding hydrogens is 244 g/mol. The fourth-order valence-electron chi connectivity index (χ4n) is 1.51. The summed E-state index contributed by atoms with van der Waals surface area (Å²) in [6.45, 7) is 2.36. The maximum Gasteiger partial charge on any atom is 0.307 e. The Bertz CT molecular complexity index is 374. The topological polar surface area (TPSA) is 99.1 Å². The number of hydrogen-bond donors (Lipinski definition) is 1. The highest BCUT2D eigenvalue weighted by Crippen LogP contribution is 2.21. The molecule has 99 valence electrons. The van der Waals surface area contributed by atoms with E-state index in [1.165, 1.54) is 13.8 Å². The van der Waals surface area contributed by atoms with Crippen LogP contribution >= 0.6 is 0 Å². The Morgan fingerprint density at radius 2 is 1.89 bits per heavy atom. The molecule has 0 fully saturated rings. The van der Waals surface area contributed by atoms with E-state index in [1.54, 1.807) is 0 Å². The number of hydrogen-bond acceptors (Lipinski definition) is 6. The van der Waals surface area contributed by atoms with Crippen LogP contribution in [0.15, 0.2) is 6.26 Å². The maximum absolute atomic E-state index is 11.0. The number of rotatable bonds is 4. The lowest BCUT2D eigenvalue weighted by Gasteiger charge is -2.32. The molecule has 1 aliphatic rings. The van der Waals surface area contributed by atoms with Crippen molar-refractivity contribution in [2.75, 3.05) is 0 Å². The molecule has 3 unspecified atom stereocenters. The van der Waals surface area contributed by atoms with Gasteiger partial charge in [-0.1, -0.05) is 0 Å². The van der Waals surface area contributed by atoms with Gasteiger partial charge in [0.25, 0.3) is 0 Å². The highest BCUT2D eigenvalue weighted by atomic mass is 16.6.